The smallest absolute Gasteiger partial charge is 0.190 e. The number of rotatable bonds is 3. The fourth-order valence-electron chi connectivity index (χ4n) is 3.22. The number of tetrazole rings is 1. The highest BCUT2D eigenvalue weighted by Gasteiger charge is 2.23. The average molecular weight is 384 g/mol. The first kappa shape index (κ1) is 17.9. The molecule has 6 nitrogen and oxygen atoms in total. The van der Waals surface area contributed by atoms with E-state index in [0.717, 1.165) is 16.3 Å². The first-order valence-corrected chi connectivity index (χ1v) is 8.49. The molecule has 142 valence electrons. The van der Waals surface area contributed by atoms with Crippen LogP contribution in [-0.2, 0) is 0 Å². The van der Waals surface area contributed by atoms with Crippen molar-refractivity contribution >= 4 is 5.82 Å². The average Bonchev–Trinajstić information content (AvgIpc) is 3.14. The Morgan fingerprint density at radius 2 is 2.00 bits per heavy atom. The Labute approximate surface area is 158 Å². The second kappa shape index (κ2) is 6.91. The number of pyridine rings is 1. The Bertz CT molecular complexity index is 1100. The van der Waals surface area contributed by atoms with Gasteiger partial charge in [-0.1, -0.05) is 19.1 Å². The van der Waals surface area contributed by atoms with Crippen LogP contribution in [0.2, 0.25) is 0 Å². The van der Waals surface area contributed by atoms with E-state index in [2.05, 4.69) is 20.5 Å². The molecule has 28 heavy (non-hydrogen) atoms. The van der Waals surface area contributed by atoms with E-state index >= 15 is 0 Å². The lowest BCUT2D eigenvalue weighted by Gasteiger charge is -2.22. The van der Waals surface area contributed by atoms with Gasteiger partial charge in [0.15, 0.2) is 17.5 Å². The van der Waals surface area contributed by atoms with E-state index in [1.807, 2.05) is 6.92 Å². The van der Waals surface area contributed by atoms with Crippen molar-refractivity contribution in [1.82, 2.24) is 25.2 Å². The second-order valence-corrected chi connectivity index (χ2v) is 6.48. The molecule has 1 aliphatic rings. The second-order valence-electron chi connectivity index (χ2n) is 6.48. The third kappa shape index (κ3) is 3.04. The van der Waals surface area contributed by atoms with Crippen LogP contribution in [0.4, 0.5) is 19.0 Å². The minimum absolute atomic E-state index is 0.0973. The summed E-state index contributed by atoms with van der Waals surface area (Å²) in [7, 11) is 0. The van der Waals surface area contributed by atoms with E-state index in [4.69, 9.17) is 5.73 Å². The van der Waals surface area contributed by atoms with Gasteiger partial charge in [0.1, 0.15) is 17.3 Å². The van der Waals surface area contributed by atoms with Crippen molar-refractivity contribution in [2.75, 3.05) is 5.73 Å². The largest absolute Gasteiger partial charge is 0.383 e. The molecular weight excluding hydrogens is 369 g/mol. The van der Waals surface area contributed by atoms with Crippen LogP contribution in [0.25, 0.3) is 17.1 Å². The molecule has 4 rings (SSSR count). The van der Waals surface area contributed by atoms with Gasteiger partial charge in [0.05, 0.1) is 5.56 Å². The number of halogens is 3. The molecule has 0 radical (unpaired) electrons. The Kier molecular flexibility index (Phi) is 4.42. The van der Waals surface area contributed by atoms with Gasteiger partial charge < -0.3 is 5.73 Å². The van der Waals surface area contributed by atoms with Gasteiger partial charge in [0, 0.05) is 12.1 Å². The number of nitrogens with two attached hydrogens (primary N) is 1. The molecule has 3 aromatic rings. The minimum atomic E-state index is -1.08. The molecular formula is C19H15F3N6. The predicted molar refractivity (Wildman–Crippen MR) is 96.9 cm³/mol. The van der Waals surface area contributed by atoms with Gasteiger partial charge >= 0.3 is 0 Å². The fraction of sp³-hybridized carbons (Fsp3) is 0.158. The molecule has 1 aliphatic carbocycles. The molecule has 0 bridgehead atoms. The Morgan fingerprint density at radius 3 is 2.79 bits per heavy atom. The van der Waals surface area contributed by atoms with Crippen LogP contribution in [0, 0.1) is 17.6 Å². The van der Waals surface area contributed by atoms with E-state index in [1.165, 1.54) is 24.3 Å². The lowest BCUT2D eigenvalue weighted by Crippen LogP contribution is -2.11. The highest BCUT2D eigenvalue weighted by atomic mass is 19.2. The maximum Gasteiger partial charge on any atom is 0.190 e. The third-order valence-corrected chi connectivity index (χ3v) is 4.65. The van der Waals surface area contributed by atoms with E-state index in [9.17, 15) is 13.2 Å². The Morgan fingerprint density at radius 1 is 1.18 bits per heavy atom. The number of nitrogen functional groups attached to an aromatic ring is 1. The van der Waals surface area contributed by atoms with Crippen LogP contribution in [0.15, 0.2) is 54.5 Å². The van der Waals surface area contributed by atoms with E-state index < -0.39 is 11.6 Å². The lowest BCUT2D eigenvalue weighted by atomic mass is 9.84. The van der Waals surface area contributed by atoms with Crippen LogP contribution in [0.3, 0.4) is 0 Å². The first-order chi connectivity index (χ1) is 13.5. The van der Waals surface area contributed by atoms with Gasteiger partial charge in [-0.3, -0.25) is 0 Å². The standard InChI is InChI=1S/C19H15F3N6/c1-10-7-12(20)5-6-13(10)11-8-14(18(23)24-9-11)19-25-26-27-28(19)16-4-2-3-15(21)17(16)22/h2-10,13H,1H3,(H2,23,24). The summed E-state index contributed by atoms with van der Waals surface area (Å²) in [5, 5.41) is 11.3. The van der Waals surface area contributed by atoms with Crippen molar-refractivity contribution in [2.45, 2.75) is 12.8 Å². The molecule has 2 heterocycles. The topological polar surface area (TPSA) is 82.5 Å². The molecule has 0 spiro atoms. The molecule has 2 N–H and O–H groups in total. The van der Waals surface area contributed by atoms with Crippen LogP contribution in [0.5, 0.6) is 0 Å². The minimum Gasteiger partial charge on any atom is -0.383 e. The SMILES string of the molecule is CC1C=C(F)C=CC1c1cnc(N)c(-c2nnnn2-c2cccc(F)c2F)c1. The predicted octanol–water partition coefficient (Wildman–Crippen LogP) is 3.73. The number of aromatic nitrogens is 5. The summed E-state index contributed by atoms with van der Waals surface area (Å²) in [5.74, 6) is -2.37. The highest BCUT2D eigenvalue weighted by Crippen LogP contribution is 2.35. The van der Waals surface area contributed by atoms with Crippen molar-refractivity contribution < 1.29 is 13.2 Å². The molecule has 2 atom stereocenters. The summed E-state index contributed by atoms with van der Waals surface area (Å²) < 4.78 is 42.4. The zero-order chi connectivity index (χ0) is 19.8. The normalized spacial score (nSPS) is 18.9. The summed E-state index contributed by atoms with van der Waals surface area (Å²) in [5.41, 5.74) is 6.98. The number of hydrogen-bond donors (Lipinski definition) is 1. The van der Waals surface area contributed by atoms with Gasteiger partial charge in [-0.25, -0.2) is 18.2 Å². The molecule has 0 aliphatic heterocycles. The van der Waals surface area contributed by atoms with E-state index in [-0.39, 0.29) is 35.0 Å². The molecule has 0 fully saturated rings. The summed E-state index contributed by atoms with van der Waals surface area (Å²) in [6.45, 7) is 1.88. The number of allylic oxidation sites excluding steroid dienone is 4. The lowest BCUT2D eigenvalue weighted by molar-refractivity contribution is 0.501. The Balaban J connectivity index is 1.81. The number of hydrogen-bond acceptors (Lipinski definition) is 5. The number of benzene rings is 1. The van der Waals surface area contributed by atoms with E-state index in [1.54, 1.807) is 18.3 Å². The monoisotopic (exact) mass is 384 g/mol. The van der Waals surface area contributed by atoms with Crippen molar-refractivity contribution in [2.24, 2.45) is 5.92 Å². The zero-order valence-corrected chi connectivity index (χ0v) is 14.7. The van der Waals surface area contributed by atoms with Crippen molar-refractivity contribution in [1.29, 1.82) is 0 Å². The Hall–Kier alpha value is -3.49. The van der Waals surface area contributed by atoms with Crippen molar-refractivity contribution in [3.05, 3.63) is 71.7 Å². The first-order valence-electron chi connectivity index (χ1n) is 8.49. The van der Waals surface area contributed by atoms with Gasteiger partial charge in [-0.15, -0.1) is 5.10 Å². The maximum atomic E-state index is 14.2. The van der Waals surface area contributed by atoms with Crippen LogP contribution >= 0.6 is 0 Å². The van der Waals surface area contributed by atoms with Crippen LogP contribution < -0.4 is 5.73 Å². The number of nitrogens with zero attached hydrogens (tertiary/aromatic N) is 5. The molecule has 9 heteroatoms. The van der Waals surface area contributed by atoms with Gasteiger partial charge in [-0.2, -0.15) is 4.68 Å². The van der Waals surface area contributed by atoms with Gasteiger partial charge in [-0.05, 0) is 52.3 Å². The highest BCUT2D eigenvalue weighted by molar-refractivity contribution is 5.70. The van der Waals surface area contributed by atoms with Crippen LogP contribution in [-0.4, -0.2) is 25.2 Å². The quantitative estimate of drug-likeness (QED) is 0.744. The molecule has 2 unspecified atom stereocenters. The van der Waals surface area contributed by atoms with Crippen molar-refractivity contribution in [3.63, 3.8) is 0 Å². The summed E-state index contributed by atoms with van der Waals surface area (Å²) in [6.07, 6.45) is 6.25. The molecule has 0 saturated heterocycles. The van der Waals surface area contributed by atoms with Gasteiger partial charge in [0.25, 0.3) is 0 Å². The third-order valence-electron chi connectivity index (χ3n) is 4.65. The maximum absolute atomic E-state index is 14.2. The zero-order valence-electron chi connectivity index (χ0n) is 14.7. The fourth-order valence-corrected chi connectivity index (χ4v) is 3.22. The number of anilines is 1. The summed E-state index contributed by atoms with van der Waals surface area (Å²) in [4.78, 5) is 4.19. The van der Waals surface area contributed by atoms with Crippen LogP contribution in [0.1, 0.15) is 18.4 Å². The van der Waals surface area contributed by atoms with E-state index in [0.29, 0.717) is 5.56 Å². The summed E-state index contributed by atoms with van der Waals surface area (Å²) in [6, 6.07) is 5.44. The molecule has 1 aromatic carbocycles. The molecule has 0 amide bonds. The van der Waals surface area contributed by atoms with Crippen molar-refractivity contribution in [3.8, 4) is 17.1 Å². The van der Waals surface area contributed by atoms with Gasteiger partial charge in [0.2, 0.25) is 0 Å². The summed E-state index contributed by atoms with van der Waals surface area (Å²) >= 11 is 0. The molecule has 2 aromatic heterocycles. The molecule has 0 saturated carbocycles.